The van der Waals surface area contributed by atoms with E-state index < -0.39 is 50.3 Å². The molecule has 4 rings (SSSR count). The molecule has 1 fully saturated rings. The number of amides is 1. The zero-order valence-electron chi connectivity index (χ0n) is 21.7. The zero-order chi connectivity index (χ0) is 28.9. The molecule has 39 heavy (non-hydrogen) atoms. The first kappa shape index (κ1) is 28.3. The van der Waals surface area contributed by atoms with Crippen LogP contribution in [0.3, 0.4) is 0 Å². The van der Waals surface area contributed by atoms with Gasteiger partial charge in [0.25, 0.3) is 11.8 Å². The summed E-state index contributed by atoms with van der Waals surface area (Å²) in [5.41, 5.74) is -1.99. The van der Waals surface area contributed by atoms with Crippen molar-refractivity contribution in [2.24, 2.45) is 0 Å². The van der Waals surface area contributed by atoms with E-state index in [1.807, 2.05) is 6.92 Å². The van der Waals surface area contributed by atoms with Gasteiger partial charge in [-0.3, -0.25) is 4.79 Å². The van der Waals surface area contributed by atoms with Crippen LogP contribution >= 0.6 is 0 Å². The minimum atomic E-state index is -4.93. The number of hydrogen-bond acceptors (Lipinski definition) is 7. The van der Waals surface area contributed by atoms with E-state index >= 15 is 4.39 Å². The molecule has 1 aromatic heterocycles. The number of nitrogens with one attached hydrogen (secondary N) is 2. The number of alkyl halides is 3. The van der Waals surface area contributed by atoms with E-state index in [4.69, 9.17) is 14.3 Å². The lowest BCUT2D eigenvalue weighted by Gasteiger charge is -2.20. The van der Waals surface area contributed by atoms with E-state index in [1.54, 1.807) is 13.0 Å². The molecule has 1 amide bonds. The van der Waals surface area contributed by atoms with Crippen LogP contribution in [0.5, 0.6) is 17.4 Å². The summed E-state index contributed by atoms with van der Waals surface area (Å²) in [5, 5.41) is 9.22. The lowest BCUT2D eigenvalue weighted by Crippen LogP contribution is -2.21. The summed E-state index contributed by atoms with van der Waals surface area (Å²) >= 11 is 0. The highest BCUT2D eigenvalue weighted by atomic mass is 32.2. The van der Waals surface area contributed by atoms with Gasteiger partial charge in [0.2, 0.25) is 0 Å². The molecular formula is C26H26F4N4O4S. The first-order valence-corrected chi connectivity index (χ1v) is 13.7. The van der Waals surface area contributed by atoms with Crippen molar-refractivity contribution in [2.45, 2.75) is 50.1 Å². The van der Waals surface area contributed by atoms with Crippen LogP contribution in [0.1, 0.15) is 52.5 Å². The van der Waals surface area contributed by atoms with Gasteiger partial charge in [-0.25, -0.2) is 13.4 Å². The van der Waals surface area contributed by atoms with Gasteiger partial charge in [0.1, 0.15) is 5.56 Å². The molecule has 8 nitrogen and oxygen atoms in total. The Hall–Kier alpha value is -3.74. The van der Waals surface area contributed by atoms with Crippen molar-refractivity contribution in [2.75, 3.05) is 18.7 Å². The molecule has 3 aromatic rings. The van der Waals surface area contributed by atoms with E-state index in [-0.39, 0.29) is 27.5 Å². The fraction of sp³-hybridized carbons (Fsp3) is 0.346. The van der Waals surface area contributed by atoms with Crippen LogP contribution in [0, 0.1) is 24.4 Å². The quantitative estimate of drug-likeness (QED) is 0.320. The number of hydrogen-bond donors (Lipinski definition) is 2. The summed E-state index contributed by atoms with van der Waals surface area (Å²) in [6.07, 6.45) is -2.16. The predicted molar refractivity (Wildman–Crippen MR) is 136 cm³/mol. The van der Waals surface area contributed by atoms with E-state index in [9.17, 15) is 22.2 Å². The Kier molecular flexibility index (Phi) is 7.09. The Morgan fingerprint density at radius 1 is 1.15 bits per heavy atom. The molecule has 1 heterocycles. The maximum absolute atomic E-state index is 15.4. The van der Waals surface area contributed by atoms with Crippen molar-refractivity contribution in [3.63, 3.8) is 0 Å². The van der Waals surface area contributed by atoms with E-state index in [1.165, 1.54) is 37.6 Å². The minimum Gasteiger partial charge on any atom is -0.490 e. The van der Waals surface area contributed by atoms with Crippen LogP contribution in [0.25, 0.3) is 0 Å². The third-order valence-corrected chi connectivity index (χ3v) is 7.79. The molecule has 1 saturated carbocycles. The average molecular weight is 567 g/mol. The summed E-state index contributed by atoms with van der Waals surface area (Å²) in [7, 11) is -1.90. The highest BCUT2D eigenvalue weighted by Crippen LogP contribution is 2.52. The fourth-order valence-electron chi connectivity index (χ4n) is 4.17. The second-order valence-electron chi connectivity index (χ2n) is 9.76. The van der Waals surface area contributed by atoms with Gasteiger partial charge in [0.15, 0.2) is 23.0 Å². The van der Waals surface area contributed by atoms with Gasteiger partial charge in [0.05, 0.1) is 16.8 Å². The van der Waals surface area contributed by atoms with Crippen molar-refractivity contribution >= 4 is 21.3 Å². The number of aromatic nitrogens is 2. The van der Waals surface area contributed by atoms with Crippen LogP contribution in [-0.2, 0) is 21.3 Å². The Morgan fingerprint density at radius 3 is 2.38 bits per heavy atom. The third-order valence-electron chi connectivity index (χ3n) is 6.64. The molecule has 1 aliphatic rings. The predicted octanol–water partition coefficient (Wildman–Crippen LogP) is 6.39. The molecule has 0 spiro atoms. The second-order valence-corrected chi connectivity index (χ2v) is 11.9. The van der Waals surface area contributed by atoms with Gasteiger partial charge < -0.3 is 14.8 Å². The van der Waals surface area contributed by atoms with E-state index in [0.717, 1.165) is 19.8 Å². The summed E-state index contributed by atoms with van der Waals surface area (Å²) in [6, 6.07) is 7.15. The normalized spacial score (nSPS) is 15.8. The molecule has 0 aliphatic heterocycles. The molecule has 0 radical (unpaired) electrons. The summed E-state index contributed by atoms with van der Waals surface area (Å²) in [5.74, 6) is -2.74. The highest BCUT2D eigenvalue weighted by molar-refractivity contribution is 7.91. The van der Waals surface area contributed by atoms with Gasteiger partial charge >= 0.3 is 6.18 Å². The number of methoxy groups -OCH3 is 1. The Balaban J connectivity index is 1.82. The number of aryl methyl sites for hydroxylation is 1. The van der Waals surface area contributed by atoms with Crippen molar-refractivity contribution in [3.8, 4) is 17.4 Å². The topological polar surface area (TPSA) is 114 Å². The summed E-state index contributed by atoms with van der Waals surface area (Å²) in [6.45, 7) is 4.57. The molecule has 208 valence electrons. The standard InChI is InChI=1S/C26H26F4N4O4S/c1-13-11-17(25(3)9-10-25)19(27)21(37-4)20(13)38-24-18(14(2)22(33-34-24)26(28,29)30)23(35)32-15-7-6-8-16(12-15)39(5,31)36/h6-8,11-12,31H,9-10H2,1-5H3,(H,32,35). The monoisotopic (exact) mass is 566 g/mol. The van der Waals surface area contributed by atoms with E-state index in [0.29, 0.717) is 11.1 Å². The lowest BCUT2D eigenvalue weighted by atomic mass is 9.95. The minimum absolute atomic E-state index is 0.0804. The summed E-state index contributed by atoms with van der Waals surface area (Å²) in [4.78, 5) is 13.4. The number of anilines is 1. The number of benzene rings is 2. The Bertz CT molecular complexity index is 1590. The number of rotatable bonds is 7. The first-order chi connectivity index (χ1) is 18.1. The maximum Gasteiger partial charge on any atom is 0.435 e. The molecule has 1 atom stereocenters. The lowest BCUT2D eigenvalue weighted by molar-refractivity contribution is -0.142. The smallest absolute Gasteiger partial charge is 0.435 e. The van der Waals surface area contributed by atoms with Gasteiger partial charge in [-0.2, -0.15) is 13.2 Å². The number of halogens is 4. The number of carbonyl (C=O) groups is 1. The summed E-state index contributed by atoms with van der Waals surface area (Å²) < 4.78 is 87.3. The molecule has 1 unspecified atom stereocenters. The first-order valence-electron chi connectivity index (χ1n) is 11.7. The zero-order valence-corrected chi connectivity index (χ0v) is 22.6. The van der Waals surface area contributed by atoms with Crippen LogP contribution in [0.4, 0.5) is 23.2 Å². The molecule has 2 aromatic carbocycles. The van der Waals surface area contributed by atoms with Gasteiger partial charge in [0, 0.05) is 16.8 Å². The highest BCUT2D eigenvalue weighted by Gasteiger charge is 2.43. The fourth-order valence-corrected chi connectivity index (χ4v) is 4.86. The van der Waals surface area contributed by atoms with Crippen LogP contribution in [0.2, 0.25) is 0 Å². The third kappa shape index (κ3) is 5.54. The molecule has 0 saturated heterocycles. The van der Waals surface area contributed by atoms with Crippen LogP contribution < -0.4 is 14.8 Å². The van der Waals surface area contributed by atoms with Crippen molar-refractivity contribution in [1.82, 2.24) is 10.2 Å². The SMILES string of the molecule is COc1c(F)c(C2(C)CC2)cc(C)c1Oc1nnc(C(F)(F)F)c(C)c1C(=O)Nc1cccc(S(C)(=N)=O)c1. The Labute approximate surface area is 222 Å². The molecule has 2 N–H and O–H groups in total. The maximum atomic E-state index is 15.4. The van der Waals surface area contributed by atoms with Gasteiger partial charge in [-0.1, -0.05) is 13.0 Å². The largest absolute Gasteiger partial charge is 0.490 e. The Morgan fingerprint density at radius 2 is 1.82 bits per heavy atom. The van der Waals surface area contributed by atoms with Crippen LogP contribution in [-0.4, -0.2) is 33.7 Å². The van der Waals surface area contributed by atoms with Gasteiger partial charge in [-0.15, -0.1) is 10.2 Å². The molecule has 13 heteroatoms. The van der Waals surface area contributed by atoms with Crippen molar-refractivity contribution in [3.05, 3.63) is 64.1 Å². The van der Waals surface area contributed by atoms with E-state index in [2.05, 4.69) is 15.5 Å². The van der Waals surface area contributed by atoms with Crippen LogP contribution in [0.15, 0.2) is 35.2 Å². The van der Waals surface area contributed by atoms with Gasteiger partial charge in [-0.05, 0) is 73.1 Å². The average Bonchev–Trinajstić information content (AvgIpc) is 3.58. The van der Waals surface area contributed by atoms with Crippen molar-refractivity contribution in [1.29, 1.82) is 4.78 Å². The number of carbonyl (C=O) groups excluding carboxylic acids is 1. The number of nitrogens with zero attached hydrogens (tertiary/aromatic N) is 2. The molecule has 1 aliphatic carbocycles. The van der Waals surface area contributed by atoms with Crippen molar-refractivity contribution < 1.29 is 36.0 Å². The molecular weight excluding hydrogens is 540 g/mol. The number of ether oxygens (including phenoxy) is 2. The molecule has 0 bridgehead atoms. The second kappa shape index (κ2) is 9.78.